The van der Waals surface area contributed by atoms with E-state index in [9.17, 15) is 0 Å². The molecule has 0 unspecified atom stereocenters. The van der Waals surface area contributed by atoms with Crippen LogP contribution in [0.4, 0.5) is 22.7 Å². The highest BCUT2D eigenvalue weighted by molar-refractivity contribution is 6.67. The molecule has 0 fully saturated rings. The summed E-state index contributed by atoms with van der Waals surface area (Å²) in [5.41, 5.74) is 11.2. The van der Waals surface area contributed by atoms with E-state index in [1.165, 1.54) is 4.57 Å². The first-order valence-corrected chi connectivity index (χ1v) is 21.6. The van der Waals surface area contributed by atoms with E-state index < -0.39 is 6.98 Å². The average molecular weight is 843 g/mol. The van der Waals surface area contributed by atoms with Crippen molar-refractivity contribution in [2.75, 3.05) is 16.5 Å². The first kappa shape index (κ1) is 36.2. The van der Waals surface area contributed by atoms with Crippen LogP contribution in [0.3, 0.4) is 0 Å². The zero-order valence-corrected chi connectivity index (χ0v) is 35.3. The summed E-state index contributed by atoms with van der Waals surface area (Å²) in [5.74, 6) is 5.70. The van der Waals surface area contributed by atoms with Gasteiger partial charge < -0.3 is 29.7 Å². The fourth-order valence-electron chi connectivity index (χ4n) is 8.84. The third kappa shape index (κ3) is 7.55. The topological polar surface area (TPSA) is 62.5 Å². The highest BCUT2D eigenvalue weighted by Gasteiger charge is 2.32. The smallest absolute Gasteiger partial charge is 0.215 e. The maximum Gasteiger partial charge on any atom is 0.215 e. The SMILES string of the molecule is [2H]C([2H])([2H])n1c(-n2c3ccccc3c3ccc(Oc4cccc(N5CN(c6c(/C7=C/C=C\N/C=C\C=C/[B]7)cccc6/C6=C/C=C\N/C=C\C=C/[B]6)c6ccccc65)c4)cc32)nc2ccccc21. The Bertz CT molecular complexity index is 3430. The number of fused-ring (bicyclic) bond motifs is 5. The third-order valence-electron chi connectivity index (χ3n) is 11.7. The lowest BCUT2D eigenvalue weighted by molar-refractivity contribution is 0.483. The number of hydrogen-bond donors (Lipinski definition) is 2. The van der Waals surface area contributed by atoms with Crippen molar-refractivity contribution in [3.8, 4) is 17.4 Å². The summed E-state index contributed by atoms with van der Waals surface area (Å²) in [6, 6.07) is 44.6. The van der Waals surface area contributed by atoms with E-state index in [0.717, 1.165) is 66.6 Å². The van der Waals surface area contributed by atoms with Gasteiger partial charge in [0.2, 0.25) is 5.95 Å². The molecule has 0 saturated carbocycles. The van der Waals surface area contributed by atoms with Gasteiger partial charge in [-0.05, 0) is 90.0 Å². The molecule has 310 valence electrons. The molecule has 2 aromatic heterocycles. The number of para-hydroxylation sites is 6. The Hall–Kier alpha value is -8.36. The molecule has 0 bridgehead atoms. The van der Waals surface area contributed by atoms with Gasteiger partial charge in [0.15, 0.2) is 14.6 Å². The van der Waals surface area contributed by atoms with Crippen LogP contribution in [-0.4, -0.2) is 35.3 Å². The van der Waals surface area contributed by atoms with Gasteiger partial charge in [-0.25, -0.2) is 4.98 Å². The summed E-state index contributed by atoms with van der Waals surface area (Å²) >= 11 is 0. The molecule has 6 aromatic carbocycles. The summed E-state index contributed by atoms with van der Waals surface area (Å²) in [7, 11) is 4.31. The first-order chi connectivity index (χ1) is 33.4. The number of nitrogens with zero attached hydrogens (tertiary/aromatic N) is 5. The van der Waals surface area contributed by atoms with E-state index in [-0.39, 0.29) is 0 Å². The number of anilines is 4. The number of allylic oxidation sites excluding steroid dienone is 8. The van der Waals surface area contributed by atoms with Gasteiger partial charge in [-0.1, -0.05) is 102 Å². The molecule has 0 amide bonds. The van der Waals surface area contributed by atoms with Crippen LogP contribution >= 0.6 is 0 Å². The van der Waals surface area contributed by atoms with Gasteiger partial charge in [-0.2, -0.15) is 0 Å². The molecule has 0 saturated heterocycles. The fraction of sp³-hybridized carbons (Fsp3) is 0.0364. The lowest BCUT2D eigenvalue weighted by Crippen LogP contribution is -2.26. The maximum absolute atomic E-state index is 8.58. The predicted octanol–water partition coefficient (Wildman–Crippen LogP) is 12.1. The second-order valence-corrected chi connectivity index (χ2v) is 15.7. The van der Waals surface area contributed by atoms with Crippen LogP contribution in [0.25, 0.3) is 49.7 Å². The standard InChI is InChI=1S/C55H43B2N7O/c1-61-50-25-5-3-23-48(50)60-55(61)64-49-24-4-2-18-42(49)43-29-28-41(37-53(43)64)65-40-17-12-16-39(36-40)62-38-63(52-27-7-6-26-51(52)62)54-44(46-21-14-34-58-32-10-8-30-56-46)19-13-20-45(54)47-22-15-35-59-33-11-9-31-57-47/h2-37,58-59H,38H2,1H3/b30-8-,31-9-,32-10-,33-11-,34-14-,35-15-,46-21-,47-22-/i1D3. The molecule has 3 aliphatic rings. The Morgan fingerprint density at radius 1 is 0.569 bits per heavy atom. The van der Waals surface area contributed by atoms with Gasteiger partial charge in [-0.15, -0.1) is 12.0 Å². The van der Waals surface area contributed by atoms with Crippen LogP contribution in [-0.2, 0) is 6.98 Å². The molecule has 0 atom stereocenters. The number of hydrogen-bond acceptors (Lipinski definition) is 6. The summed E-state index contributed by atoms with van der Waals surface area (Å²) in [5, 5.41) is 8.36. The van der Waals surface area contributed by atoms with E-state index in [2.05, 4.69) is 120 Å². The van der Waals surface area contributed by atoms with Gasteiger partial charge >= 0.3 is 0 Å². The van der Waals surface area contributed by atoms with E-state index >= 15 is 0 Å². The molecule has 65 heavy (non-hydrogen) atoms. The van der Waals surface area contributed by atoms with Crippen LogP contribution in [0.1, 0.15) is 15.2 Å². The summed E-state index contributed by atoms with van der Waals surface area (Å²) in [4.78, 5) is 9.65. The predicted molar refractivity (Wildman–Crippen MR) is 272 cm³/mol. The molecule has 2 N–H and O–H groups in total. The lowest BCUT2D eigenvalue weighted by atomic mass is 9.63. The number of benzene rings is 6. The van der Waals surface area contributed by atoms with Crippen molar-refractivity contribution in [2.45, 2.75) is 0 Å². The first-order valence-electron chi connectivity index (χ1n) is 23.1. The Balaban J connectivity index is 0.989. The average Bonchev–Trinajstić information content (AvgIpc) is 4.04. The molecule has 0 aliphatic carbocycles. The van der Waals surface area contributed by atoms with E-state index in [1.807, 2.05) is 133 Å². The minimum absolute atomic E-state index is 0.312. The van der Waals surface area contributed by atoms with Crippen LogP contribution in [0.5, 0.6) is 11.5 Å². The van der Waals surface area contributed by atoms with Crippen molar-refractivity contribution in [3.05, 3.63) is 230 Å². The Labute approximate surface area is 384 Å². The Morgan fingerprint density at radius 2 is 1.20 bits per heavy atom. The summed E-state index contributed by atoms with van der Waals surface area (Å²) < 4.78 is 35.8. The lowest BCUT2D eigenvalue weighted by Gasteiger charge is -2.28. The van der Waals surface area contributed by atoms with Crippen molar-refractivity contribution < 1.29 is 8.85 Å². The molecule has 0 spiro atoms. The number of nitrogens with one attached hydrogen (secondary N) is 2. The minimum atomic E-state index is -2.48. The van der Waals surface area contributed by atoms with Gasteiger partial charge in [0.25, 0.3) is 0 Å². The molecule has 11 rings (SSSR count). The van der Waals surface area contributed by atoms with Crippen molar-refractivity contribution in [1.29, 1.82) is 0 Å². The molecular formula is C55H43B2N7O. The van der Waals surface area contributed by atoms with Crippen LogP contribution in [0.2, 0.25) is 0 Å². The number of imidazole rings is 1. The van der Waals surface area contributed by atoms with Crippen LogP contribution < -0.4 is 25.2 Å². The van der Waals surface area contributed by atoms with Crippen LogP contribution in [0.15, 0.2) is 219 Å². The second kappa shape index (κ2) is 17.4. The number of ether oxygens (including phenoxy) is 1. The summed E-state index contributed by atoms with van der Waals surface area (Å²) in [6.45, 7) is -1.96. The molecule has 3 aliphatic heterocycles. The third-order valence-corrected chi connectivity index (χ3v) is 11.7. The van der Waals surface area contributed by atoms with E-state index in [1.54, 1.807) is 6.07 Å². The van der Waals surface area contributed by atoms with Crippen molar-refractivity contribution >= 4 is 81.1 Å². The summed E-state index contributed by atoms with van der Waals surface area (Å²) in [6.07, 6.45) is 24.0. The molecule has 10 heteroatoms. The fourth-order valence-corrected chi connectivity index (χ4v) is 8.84. The highest BCUT2D eigenvalue weighted by atomic mass is 16.5. The van der Waals surface area contributed by atoms with Gasteiger partial charge in [0.1, 0.15) is 18.2 Å². The zero-order chi connectivity index (χ0) is 46.0. The number of aryl methyl sites for hydroxylation is 1. The Morgan fingerprint density at radius 3 is 1.95 bits per heavy atom. The Kier molecular flexibility index (Phi) is 9.69. The van der Waals surface area contributed by atoms with Crippen molar-refractivity contribution in [1.82, 2.24) is 24.8 Å². The van der Waals surface area contributed by atoms with Gasteiger partial charge in [-0.3, -0.25) is 4.57 Å². The molecule has 2 radical (unpaired) electrons. The normalized spacial score (nSPS) is 20.2. The zero-order valence-electron chi connectivity index (χ0n) is 38.3. The monoisotopic (exact) mass is 842 g/mol. The van der Waals surface area contributed by atoms with E-state index in [4.69, 9.17) is 13.8 Å². The number of rotatable bonds is 7. The second-order valence-electron chi connectivity index (χ2n) is 15.7. The number of aromatic nitrogens is 3. The maximum atomic E-state index is 8.58. The van der Waals surface area contributed by atoms with Gasteiger partial charge in [0.05, 0.1) is 39.1 Å². The van der Waals surface area contributed by atoms with Crippen molar-refractivity contribution in [3.63, 3.8) is 0 Å². The van der Waals surface area contributed by atoms with E-state index in [0.29, 0.717) is 35.1 Å². The van der Waals surface area contributed by atoms with Crippen molar-refractivity contribution in [2.24, 2.45) is 6.98 Å². The molecule has 8 aromatic rings. The largest absolute Gasteiger partial charge is 0.457 e. The molecule has 8 nitrogen and oxygen atoms in total. The minimum Gasteiger partial charge on any atom is -0.457 e. The molecule has 5 heterocycles. The quantitative estimate of drug-likeness (QED) is 0.156. The highest BCUT2D eigenvalue weighted by Crippen LogP contribution is 2.49. The van der Waals surface area contributed by atoms with Crippen LogP contribution in [0, 0.1) is 0 Å². The molecular weight excluding hydrogens is 796 g/mol. The van der Waals surface area contributed by atoms with Gasteiger partial charge in [0, 0.05) is 64.5 Å².